The molecule has 0 aromatic rings. The van der Waals surface area contributed by atoms with Crippen molar-refractivity contribution in [3.8, 4) is 0 Å². The van der Waals surface area contributed by atoms with Gasteiger partial charge in [-0.1, -0.05) is 39.5 Å². The van der Waals surface area contributed by atoms with Crippen molar-refractivity contribution in [2.75, 3.05) is 12.3 Å². The highest BCUT2D eigenvalue weighted by Gasteiger charge is 2.44. The first-order valence-electron chi connectivity index (χ1n) is 8.58. The van der Waals surface area contributed by atoms with Gasteiger partial charge in [-0.25, -0.2) is 0 Å². The molecule has 4 unspecified atom stereocenters. The molecule has 2 fully saturated rings. The quantitative estimate of drug-likeness (QED) is 0.747. The summed E-state index contributed by atoms with van der Waals surface area (Å²) in [6, 6.07) is 0.755. The van der Waals surface area contributed by atoms with Crippen molar-refractivity contribution in [1.82, 2.24) is 5.32 Å². The van der Waals surface area contributed by atoms with Crippen molar-refractivity contribution in [1.29, 1.82) is 0 Å². The van der Waals surface area contributed by atoms with E-state index in [4.69, 9.17) is 0 Å². The summed E-state index contributed by atoms with van der Waals surface area (Å²) in [6.07, 6.45) is 11.4. The van der Waals surface area contributed by atoms with Gasteiger partial charge in [0.25, 0.3) is 0 Å². The van der Waals surface area contributed by atoms with Crippen LogP contribution in [-0.4, -0.2) is 23.1 Å². The third-order valence-electron chi connectivity index (χ3n) is 5.44. The molecule has 0 aromatic carbocycles. The molecule has 1 heterocycles. The Bertz CT molecular complexity index is 260. The van der Waals surface area contributed by atoms with Crippen LogP contribution in [0.3, 0.4) is 0 Å². The molecule has 0 aromatic heterocycles. The van der Waals surface area contributed by atoms with Gasteiger partial charge in [0.15, 0.2) is 0 Å². The van der Waals surface area contributed by atoms with Gasteiger partial charge in [0.05, 0.1) is 0 Å². The molecule has 2 rings (SSSR count). The molecular formula is C17H33NS. The van der Waals surface area contributed by atoms with Gasteiger partial charge in [0, 0.05) is 10.8 Å². The molecule has 1 saturated carbocycles. The Labute approximate surface area is 124 Å². The molecule has 0 spiro atoms. The van der Waals surface area contributed by atoms with Crippen LogP contribution in [0.4, 0.5) is 0 Å². The molecule has 1 nitrogen and oxygen atoms in total. The summed E-state index contributed by atoms with van der Waals surface area (Å²) in [6.45, 7) is 8.45. The van der Waals surface area contributed by atoms with Gasteiger partial charge in [0.1, 0.15) is 0 Å². The average Bonchev–Trinajstić information content (AvgIpc) is 2.87. The summed E-state index contributed by atoms with van der Waals surface area (Å²) in [7, 11) is 0. The van der Waals surface area contributed by atoms with Crippen LogP contribution >= 0.6 is 11.8 Å². The topological polar surface area (TPSA) is 12.0 Å². The minimum absolute atomic E-state index is 0.505. The molecule has 112 valence electrons. The summed E-state index contributed by atoms with van der Waals surface area (Å²) >= 11 is 2.25. The number of hydrogen-bond donors (Lipinski definition) is 1. The fraction of sp³-hybridized carbons (Fsp3) is 1.00. The Morgan fingerprint density at radius 2 is 2.00 bits per heavy atom. The Balaban J connectivity index is 2.10. The van der Waals surface area contributed by atoms with Gasteiger partial charge in [0.2, 0.25) is 0 Å². The lowest BCUT2D eigenvalue weighted by atomic mass is 9.70. The zero-order valence-electron chi connectivity index (χ0n) is 13.2. The molecule has 2 aliphatic rings. The highest BCUT2D eigenvalue weighted by atomic mass is 32.2. The van der Waals surface area contributed by atoms with E-state index in [9.17, 15) is 0 Å². The fourth-order valence-electron chi connectivity index (χ4n) is 4.35. The van der Waals surface area contributed by atoms with Crippen LogP contribution in [0.15, 0.2) is 0 Å². The number of rotatable bonds is 6. The highest BCUT2D eigenvalue weighted by Crippen LogP contribution is 2.47. The zero-order valence-corrected chi connectivity index (χ0v) is 14.0. The first-order chi connectivity index (χ1) is 9.21. The van der Waals surface area contributed by atoms with E-state index in [1.165, 1.54) is 63.7 Å². The summed E-state index contributed by atoms with van der Waals surface area (Å²) < 4.78 is 0.505. The maximum Gasteiger partial charge on any atom is 0.0288 e. The standard InChI is InChI=1S/C17H33NS/c1-4-12-18-16(17(3)11-8-13-19-17)15-10-7-6-9-14(15)5-2/h14-16,18H,4-13H2,1-3H3. The minimum atomic E-state index is 0.505. The molecule has 19 heavy (non-hydrogen) atoms. The molecule has 0 amide bonds. The summed E-state index contributed by atoms with van der Waals surface area (Å²) in [5.74, 6) is 3.28. The van der Waals surface area contributed by atoms with E-state index >= 15 is 0 Å². The summed E-state index contributed by atoms with van der Waals surface area (Å²) in [5.41, 5.74) is 0. The lowest BCUT2D eigenvalue weighted by Gasteiger charge is -2.45. The first kappa shape index (κ1) is 15.7. The van der Waals surface area contributed by atoms with Crippen molar-refractivity contribution in [2.24, 2.45) is 11.8 Å². The van der Waals surface area contributed by atoms with Crippen molar-refractivity contribution in [3.63, 3.8) is 0 Å². The lowest BCUT2D eigenvalue weighted by molar-refractivity contribution is 0.152. The molecule has 0 radical (unpaired) electrons. The third kappa shape index (κ3) is 3.69. The van der Waals surface area contributed by atoms with Crippen molar-refractivity contribution in [3.05, 3.63) is 0 Å². The smallest absolute Gasteiger partial charge is 0.0288 e. The summed E-state index contributed by atoms with van der Waals surface area (Å²) in [4.78, 5) is 0. The largest absolute Gasteiger partial charge is 0.312 e. The van der Waals surface area contributed by atoms with Crippen LogP contribution in [0.2, 0.25) is 0 Å². The first-order valence-corrected chi connectivity index (χ1v) is 9.57. The van der Waals surface area contributed by atoms with Crippen LogP contribution in [-0.2, 0) is 0 Å². The second kappa shape index (κ2) is 7.36. The van der Waals surface area contributed by atoms with Gasteiger partial charge in [-0.3, -0.25) is 0 Å². The molecule has 4 atom stereocenters. The van der Waals surface area contributed by atoms with Crippen LogP contribution < -0.4 is 5.32 Å². The fourth-order valence-corrected chi connectivity index (χ4v) is 5.83. The predicted molar refractivity (Wildman–Crippen MR) is 87.9 cm³/mol. The monoisotopic (exact) mass is 283 g/mol. The minimum Gasteiger partial charge on any atom is -0.312 e. The number of nitrogens with one attached hydrogen (secondary N) is 1. The lowest BCUT2D eigenvalue weighted by Crippen LogP contribution is -2.53. The average molecular weight is 284 g/mol. The van der Waals surface area contributed by atoms with E-state index < -0.39 is 0 Å². The zero-order chi connectivity index (χ0) is 13.7. The van der Waals surface area contributed by atoms with Gasteiger partial charge in [-0.2, -0.15) is 11.8 Å². The Morgan fingerprint density at radius 3 is 2.63 bits per heavy atom. The molecule has 1 saturated heterocycles. The van der Waals surface area contributed by atoms with E-state index in [0.717, 1.165) is 17.9 Å². The number of thioether (sulfide) groups is 1. The van der Waals surface area contributed by atoms with E-state index in [-0.39, 0.29) is 0 Å². The highest BCUT2D eigenvalue weighted by molar-refractivity contribution is 8.00. The molecule has 1 N–H and O–H groups in total. The van der Waals surface area contributed by atoms with E-state index in [1.807, 2.05) is 0 Å². The van der Waals surface area contributed by atoms with Crippen molar-refractivity contribution >= 4 is 11.8 Å². The van der Waals surface area contributed by atoms with Crippen LogP contribution in [0.25, 0.3) is 0 Å². The Kier molecular flexibility index (Phi) is 6.08. The van der Waals surface area contributed by atoms with E-state index in [2.05, 4.69) is 37.8 Å². The molecular weight excluding hydrogens is 250 g/mol. The SMILES string of the molecule is CCCNC(C1CCCCC1CC)C1(C)CCCS1. The predicted octanol–water partition coefficient (Wildman–Crippen LogP) is 4.86. The van der Waals surface area contributed by atoms with Gasteiger partial charge < -0.3 is 5.32 Å². The molecule has 1 aliphatic carbocycles. The Hall–Kier alpha value is 0.310. The maximum atomic E-state index is 3.97. The van der Waals surface area contributed by atoms with Crippen LogP contribution in [0, 0.1) is 11.8 Å². The summed E-state index contributed by atoms with van der Waals surface area (Å²) in [5, 5.41) is 3.97. The molecule has 1 aliphatic heterocycles. The maximum absolute atomic E-state index is 3.97. The van der Waals surface area contributed by atoms with Gasteiger partial charge in [-0.05, 0) is 56.7 Å². The van der Waals surface area contributed by atoms with Crippen LogP contribution in [0.1, 0.15) is 72.1 Å². The van der Waals surface area contributed by atoms with Crippen molar-refractivity contribution < 1.29 is 0 Å². The van der Waals surface area contributed by atoms with Crippen LogP contribution in [0.5, 0.6) is 0 Å². The van der Waals surface area contributed by atoms with Gasteiger partial charge in [-0.15, -0.1) is 0 Å². The van der Waals surface area contributed by atoms with E-state index in [1.54, 1.807) is 0 Å². The number of hydrogen-bond acceptors (Lipinski definition) is 2. The second-order valence-electron chi connectivity index (χ2n) is 6.81. The molecule has 0 bridgehead atoms. The normalized spacial score (nSPS) is 37.4. The Morgan fingerprint density at radius 1 is 1.21 bits per heavy atom. The van der Waals surface area contributed by atoms with E-state index in [0.29, 0.717) is 4.75 Å². The third-order valence-corrected chi connectivity index (χ3v) is 7.05. The van der Waals surface area contributed by atoms with Gasteiger partial charge >= 0.3 is 0 Å². The second-order valence-corrected chi connectivity index (χ2v) is 8.44. The van der Waals surface area contributed by atoms with Crippen molar-refractivity contribution in [2.45, 2.75) is 82.9 Å². The molecule has 2 heteroatoms.